The van der Waals surface area contributed by atoms with Crippen LogP contribution in [-0.4, -0.2) is 23.9 Å². The van der Waals surface area contributed by atoms with E-state index < -0.39 is 0 Å². The van der Waals surface area contributed by atoms with E-state index in [1.807, 2.05) is 41.8 Å². The Morgan fingerprint density at radius 3 is 2.63 bits per heavy atom. The maximum absolute atomic E-state index is 12.2. The van der Waals surface area contributed by atoms with Gasteiger partial charge in [0.2, 0.25) is 11.8 Å². The second-order valence-electron chi connectivity index (χ2n) is 5.79. The van der Waals surface area contributed by atoms with Gasteiger partial charge < -0.3 is 15.4 Å². The minimum absolute atomic E-state index is 0.0551. The minimum Gasteiger partial charge on any atom is -0.497 e. The lowest BCUT2D eigenvalue weighted by molar-refractivity contribution is -0.119. The van der Waals surface area contributed by atoms with Gasteiger partial charge in [0, 0.05) is 17.2 Å². The molecule has 0 unspecified atom stereocenters. The van der Waals surface area contributed by atoms with Crippen LogP contribution in [0.2, 0.25) is 0 Å². The van der Waals surface area contributed by atoms with E-state index in [0.29, 0.717) is 11.7 Å². The van der Waals surface area contributed by atoms with Crippen molar-refractivity contribution >= 4 is 39.6 Å². The standard InChI is InChI=1S/C19H19N3O3S2/c1-12(23)20-10-15-7-8-17(27-15)16-11-26-19(21-16)22-18(24)9-13-3-5-14(25-2)6-4-13/h3-8,11H,9-10H2,1-2H3,(H,20,23)(H,21,22,24). The molecule has 2 amide bonds. The number of nitrogens with one attached hydrogen (secondary N) is 2. The Hall–Kier alpha value is -2.71. The topological polar surface area (TPSA) is 80.3 Å². The Balaban J connectivity index is 1.58. The lowest BCUT2D eigenvalue weighted by Crippen LogP contribution is -2.17. The zero-order chi connectivity index (χ0) is 19.2. The van der Waals surface area contributed by atoms with Gasteiger partial charge in [-0.15, -0.1) is 22.7 Å². The fourth-order valence-electron chi connectivity index (χ4n) is 2.36. The van der Waals surface area contributed by atoms with Gasteiger partial charge >= 0.3 is 0 Å². The van der Waals surface area contributed by atoms with Gasteiger partial charge in [0.15, 0.2) is 5.13 Å². The monoisotopic (exact) mass is 401 g/mol. The quantitative estimate of drug-likeness (QED) is 0.633. The van der Waals surface area contributed by atoms with Gasteiger partial charge in [-0.25, -0.2) is 4.98 Å². The summed E-state index contributed by atoms with van der Waals surface area (Å²) in [7, 11) is 1.61. The molecule has 2 N–H and O–H groups in total. The SMILES string of the molecule is COc1ccc(CC(=O)Nc2nc(-c3ccc(CNC(C)=O)s3)cs2)cc1. The highest BCUT2D eigenvalue weighted by molar-refractivity contribution is 7.17. The number of ether oxygens (including phenoxy) is 1. The van der Waals surface area contributed by atoms with E-state index in [4.69, 9.17) is 4.74 Å². The molecule has 0 aliphatic carbocycles. The van der Waals surface area contributed by atoms with Crippen LogP contribution in [-0.2, 0) is 22.6 Å². The summed E-state index contributed by atoms with van der Waals surface area (Å²) in [5.41, 5.74) is 1.73. The lowest BCUT2D eigenvalue weighted by Gasteiger charge is -2.03. The maximum Gasteiger partial charge on any atom is 0.230 e. The minimum atomic E-state index is -0.112. The van der Waals surface area contributed by atoms with Crippen LogP contribution in [0.3, 0.4) is 0 Å². The number of benzene rings is 1. The van der Waals surface area contributed by atoms with Gasteiger partial charge in [0.05, 0.1) is 30.6 Å². The summed E-state index contributed by atoms with van der Waals surface area (Å²) < 4.78 is 5.11. The molecule has 140 valence electrons. The summed E-state index contributed by atoms with van der Waals surface area (Å²) in [6.07, 6.45) is 0.277. The number of rotatable bonds is 7. The summed E-state index contributed by atoms with van der Waals surface area (Å²) in [5, 5.41) is 8.10. The summed E-state index contributed by atoms with van der Waals surface area (Å²) in [6.45, 7) is 2.01. The fraction of sp³-hybridized carbons (Fsp3) is 0.211. The first-order valence-electron chi connectivity index (χ1n) is 8.25. The number of amides is 2. The van der Waals surface area contributed by atoms with Crippen LogP contribution in [0.1, 0.15) is 17.4 Å². The van der Waals surface area contributed by atoms with Crippen LogP contribution in [0.15, 0.2) is 41.8 Å². The number of thiazole rings is 1. The van der Waals surface area contributed by atoms with E-state index in [1.54, 1.807) is 18.4 Å². The van der Waals surface area contributed by atoms with Crippen LogP contribution in [0.5, 0.6) is 5.75 Å². The van der Waals surface area contributed by atoms with Crippen molar-refractivity contribution in [2.24, 2.45) is 0 Å². The number of anilines is 1. The van der Waals surface area contributed by atoms with E-state index >= 15 is 0 Å². The summed E-state index contributed by atoms with van der Waals surface area (Å²) in [4.78, 5) is 29.8. The van der Waals surface area contributed by atoms with Crippen LogP contribution >= 0.6 is 22.7 Å². The molecule has 0 radical (unpaired) electrons. The van der Waals surface area contributed by atoms with Gasteiger partial charge in [0.25, 0.3) is 0 Å². The number of carbonyl (C=O) groups is 2. The number of methoxy groups -OCH3 is 1. The van der Waals surface area contributed by atoms with Gasteiger partial charge in [-0.2, -0.15) is 0 Å². The normalized spacial score (nSPS) is 10.4. The highest BCUT2D eigenvalue weighted by atomic mass is 32.1. The van der Waals surface area contributed by atoms with E-state index in [2.05, 4.69) is 15.6 Å². The van der Waals surface area contributed by atoms with Crippen molar-refractivity contribution in [1.82, 2.24) is 10.3 Å². The molecule has 0 aliphatic heterocycles. The zero-order valence-corrected chi connectivity index (χ0v) is 16.6. The molecule has 6 nitrogen and oxygen atoms in total. The Kier molecular flexibility index (Phi) is 6.20. The Morgan fingerprint density at radius 1 is 1.15 bits per heavy atom. The Labute approximate surface area is 165 Å². The predicted octanol–water partition coefficient (Wildman–Crippen LogP) is 3.70. The molecule has 0 fully saturated rings. The molecule has 27 heavy (non-hydrogen) atoms. The van der Waals surface area contributed by atoms with E-state index in [-0.39, 0.29) is 18.2 Å². The number of thiophene rings is 1. The number of carbonyl (C=O) groups excluding carboxylic acids is 2. The van der Waals surface area contributed by atoms with E-state index in [1.165, 1.54) is 18.3 Å². The van der Waals surface area contributed by atoms with E-state index in [0.717, 1.165) is 26.8 Å². The van der Waals surface area contributed by atoms with Crippen molar-refractivity contribution < 1.29 is 14.3 Å². The molecule has 2 heterocycles. The number of hydrogen-bond donors (Lipinski definition) is 2. The summed E-state index contributed by atoms with van der Waals surface area (Å²) in [5.74, 6) is 0.594. The molecule has 0 spiro atoms. The largest absolute Gasteiger partial charge is 0.497 e. The first-order chi connectivity index (χ1) is 13.0. The van der Waals surface area contributed by atoms with Gasteiger partial charge in [-0.05, 0) is 29.8 Å². The van der Waals surface area contributed by atoms with Gasteiger partial charge in [-0.1, -0.05) is 12.1 Å². The molecule has 0 saturated heterocycles. The predicted molar refractivity (Wildman–Crippen MR) is 108 cm³/mol. The molecular formula is C19H19N3O3S2. The third-order valence-electron chi connectivity index (χ3n) is 3.70. The molecule has 3 rings (SSSR count). The Morgan fingerprint density at radius 2 is 1.93 bits per heavy atom. The Bertz CT molecular complexity index is 932. The van der Waals surface area contributed by atoms with Crippen LogP contribution in [0.25, 0.3) is 10.6 Å². The third kappa shape index (κ3) is 5.38. The van der Waals surface area contributed by atoms with Crippen LogP contribution in [0, 0.1) is 0 Å². The molecule has 1 aromatic carbocycles. The smallest absolute Gasteiger partial charge is 0.230 e. The first kappa shape index (κ1) is 19.1. The van der Waals surface area contributed by atoms with Crippen molar-refractivity contribution in [1.29, 1.82) is 0 Å². The average molecular weight is 402 g/mol. The van der Waals surface area contributed by atoms with Crippen molar-refractivity contribution in [3.8, 4) is 16.3 Å². The summed E-state index contributed by atoms with van der Waals surface area (Å²) in [6, 6.07) is 11.3. The second kappa shape index (κ2) is 8.79. The van der Waals surface area contributed by atoms with Crippen molar-refractivity contribution in [2.45, 2.75) is 19.9 Å². The lowest BCUT2D eigenvalue weighted by atomic mass is 10.1. The molecule has 0 bridgehead atoms. The van der Waals surface area contributed by atoms with Crippen molar-refractivity contribution in [3.05, 3.63) is 52.2 Å². The van der Waals surface area contributed by atoms with Crippen molar-refractivity contribution in [2.75, 3.05) is 12.4 Å². The number of hydrogen-bond acceptors (Lipinski definition) is 6. The molecule has 2 aromatic heterocycles. The van der Waals surface area contributed by atoms with Gasteiger partial charge in [0.1, 0.15) is 5.75 Å². The fourth-order valence-corrected chi connectivity index (χ4v) is 4.07. The molecule has 0 aliphatic rings. The molecule has 0 saturated carbocycles. The molecule has 8 heteroatoms. The second-order valence-corrected chi connectivity index (χ2v) is 7.81. The van der Waals surface area contributed by atoms with Crippen molar-refractivity contribution in [3.63, 3.8) is 0 Å². The first-order valence-corrected chi connectivity index (χ1v) is 9.95. The number of aromatic nitrogens is 1. The average Bonchev–Trinajstić information content (AvgIpc) is 3.29. The van der Waals surface area contributed by atoms with E-state index in [9.17, 15) is 9.59 Å². The highest BCUT2D eigenvalue weighted by Gasteiger charge is 2.11. The van der Waals surface area contributed by atoms with Crippen LogP contribution < -0.4 is 15.4 Å². The molecule has 0 atom stereocenters. The highest BCUT2D eigenvalue weighted by Crippen LogP contribution is 2.30. The molecular weight excluding hydrogens is 382 g/mol. The number of nitrogens with zero attached hydrogens (tertiary/aromatic N) is 1. The van der Waals surface area contributed by atoms with Crippen LogP contribution in [0.4, 0.5) is 5.13 Å². The molecule has 3 aromatic rings. The van der Waals surface area contributed by atoms with Gasteiger partial charge in [-0.3, -0.25) is 9.59 Å². The zero-order valence-electron chi connectivity index (χ0n) is 14.9. The maximum atomic E-state index is 12.2. The summed E-state index contributed by atoms with van der Waals surface area (Å²) >= 11 is 2.96. The third-order valence-corrected chi connectivity index (χ3v) is 5.57.